The van der Waals surface area contributed by atoms with Crippen LogP contribution in [0.4, 0.5) is 10.2 Å². The van der Waals surface area contributed by atoms with Crippen LogP contribution in [0.3, 0.4) is 0 Å². The summed E-state index contributed by atoms with van der Waals surface area (Å²) in [5.74, 6) is 0.00671. The Morgan fingerprint density at radius 3 is 2.79 bits per heavy atom. The van der Waals surface area contributed by atoms with Crippen LogP contribution in [0.15, 0.2) is 6.33 Å². The van der Waals surface area contributed by atoms with Crippen molar-refractivity contribution >= 4 is 21.7 Å². The zero-order valence-corrected chi connectivity index (χ0v) is 10.0. The molecule has 0 fully saturated rings. The highest BCUT2D eigenvalue weighted by molar-refractivity contribution is 9.09. The molecule has 1 atom stereocenters. The summed E-state index contributed by atoms with van der Waals surface area (Å²) in [6, 6.07) is 0.193. The smallest absolute Gasteiger partial charge is 0.186 e. The van der Waals surface area contributed by atoms with Gasteiger partial charge in [0.05, 0.1) is 5.69 Å². The molecule has 14 heavy (non-hydrogen) atoms. The van der Waals surface area contributed by atoms with Gasteiger partial charge in [0, 0.05) is 18.4 Å². The van der Waals surface area contributed by atoms with Gasteiger partial charge in [0.2, 0.25) is 0 Å². The third kappa shape index (κ3) is 2.20. The van der Waals surface area contributed by atoms with E-state index in [-0.39, 0.29) is 11.9 Å². The summed E-state index contributed by atoms with van der Waals surface area (Å²) in [5.41, 5.74) is 0.378. The molecule has 1 aromatic rings. The quantitative estimate of drug-likeness (QED) is 0.781. The van der Waals surface area contributed by atoms with Crippen molar-refractivity contribution in [2.45, 2.75) is 19.9 Å². The molecule has 0 aliphatic carbocycles. The van der Waals surface area contributed by atoms with Gasteiger partial charge in [0.25, 0.3) is 0 Å². The van der Waals surface area contributed by atoms with Gasteiger partial charge in [-0.3, -0.25) is 0 Å². The number of hydrogen-bond donors (Lipinski definition) is 0. The fourth-order valence-electron chi connectivity index (χ4n) is 1.00. The second kappa shape index (κ2) is 4.68. The molecule has 0 saturated heterocycles. The number of nitrogens with zero attached hydrogens (tertiary/aromatic N) is 3. The number of aryl methyl sites for hydroxylation is 1. The van der Waals surface area contributed by atoms with E-state index in [1.807, 2.05) is 14.0 Å². The molecular formula is C9H13BrFN3. The molecule has 0 radical (unpaired) electrons. The van der Waals surface area contributed by atoms with Crippen LogP contribution in [0, 0.1) is 12.7 Å². The third-order valence-corrected chi connectivity index (χ3v) is 3.10. The van der Waals surface area contributed by atoms with Crippen LogP contribution in [0.25, 0.3) is 0 Å². The summed E-state index contributed by atoms with van der Waals surface area (Å²) >= 11 is 3.35. The standard InChI is InChI=1S/C9H13BrFN3/c1-6(4-10)14(3)9-8(11)7(2)12-5-13-9/h5-6H,4H2,1-3H3. The number of aromatic nitrogens is 2. The van der Waals surface area contributed by atoms with E-state index in [1.54, 1.807) is 11.8 Å². The van der Waals surface area contributed by atoms with E-state index >= 15 is 0 Å². The molecule has 5 heteroatoms. The molecule has 0 aliphatic heterocycles. The average molecular weight is 262 g/mol. The molecule has 0 saturated carbocycles. The van der Waals surface area contributed by atoms with Gasteiger partial charge in [0.15, 0.2) is 11.6 Å². The van der Waals surface area contributed by atoms with Gasteiger partial charge in [-0.2, -0.15) is 0 Å². The zero-order chi connectivity index (χ0) is 10.7. The molecule has 1 rings (SSSR count). The molecule has 1 aromatic heterocycles. The number of halogens is 2. The lowest BCUT2D eigenvalue weighted by atomic mass is 10.3. The molecule has 1 heterocycles. The van der Waals surface area contributed by atoms with Gasteiger partial charge in [-0.05, 0) is 13.8 Å². The van der Waals surface area contributed by atoms with Gasteiger partial charge >= 0.3 is 0 Å². The van der Waals surface area contributed by atoms with Gasteiger partial charge in [-0.1, -0.05) is 15.9 Å². The van der Waals surface area contributed by atoms with E-state index in [1.165, 1.54) is 6.33 Å². The van der Waals surface area contributed by atoms with Gasteiger partial charge in [-0.25, -0.2) is 14.4 Å². The van der Waals surface area contributed by atoms with Crippen molar-refractivity contribution < 1.29 is 4.39 Å². The Bertz CT molecular complexity index is 319. The fourth-order valence-corrected chi connectivity index (χ4v) is 1.44. The van der Waals surface area contributed by atoms with Gasteiger partial charge in [0.1, 0.15) is 6.33 Å². The first-order valence-electron chi connectivity index (χ1n) is 4.33. The van der Waals surface area contributed by atoms with Crippen LogP contribution in [-0.4, -0.2) is 28.4 Å². The first-order chi connectivity index (χ1) is 6.57. The van der Waals surface area contributed by atoms with Crippen molar-refractivity contribution in [1.29, 1.82) is 0 Å². The Kier molecular flexibility index (Phi) is 3.80. The van der Waals surface area contributed by atoms with Crippen LogP contribution < -0.4 is 4.90 Å². The van der Waals surface area contributed by atoms with Crippen LogP contribution in [-0.2, 0) is 0 Å². The lowest BCUT2D eigenvalue weighted by Gasteiger charge is -2.24. The maximum absolute atomic E-state index is 13.6. The highest BCUT2D eigenvalue weighted by Crippen LogP contribution is 2.18. The van der Waals surface area contributed by atoms with E-state index < -0.39 is 0 Å². The first kappa shape index (κ1) is 11.4. The third-order valence-electron chi connectivity index (χ3n) is 2.16. The molecule has 1 unspecified atom stereocenters. The predicted molar refractivity (Wildman–Crippen MR) is 58.4 cm³/mol. The SMILES string of the molecule is Cc1ncnc(N(C)C(C)CBr)c1F. The van der Waals surface area contributed by atoms with Crippen molar-refractivity contribution in [2.75, 3.05) is 17.3 Å². The second-order valence-electron chi connectivity index (χ2n) is 3.21. The lowest BCUT2D eigenvalue weighted by Crippen LogP contribution is -2.31. The molecule has 3 nitrogen and oxygen atoms in total. The van der Waals surface area contributed by atoms with Crippen LogP contribution in [0.2, 0.25) is 0 Å². The zero-order valence-electron chi connectivity index (χ0n) is 8.46. The minimum Gasteiger partial charge on any atom is -0.354 e. The predicted octanol–water partition coefficient (Wildman–Crippen LogP) is 2.14. The normalized spacial score (nSPS) is 12.6. The number of alkyl halides is 1. The van der Waals surface area contributed by atoms with Crippen molar-refractivity contribution in [3.8, 4) is 0 Å². The minimum absolute atomic E-state index is 0.193. The van der Waals surface area contributed by atoms with Crippen molar-refractivity contribution in [1.82, 2.24) is 9.97 Å². The van der Waals surface area contributed by atoms with Crippen LogP contribution in [0.5, 0.6) is 0 Å². The molecular weight excluding hydrogens is 249 g/mol. The molecule has 0 N–H and O–H groups in total. The summed E-state index contributed by atoms with van der Waals surface area (Å²) in [7, 11) is 1.82. The topological polar surface area (TPSA) is 29.0 Å². The average Bonchev–Trinajstić information content (AvgIpc) is 2.20. The Hall–Kier alpha value is -0.710. The molecule has 78 valence electrons. The second-order valence-corrected chi connectivity index (χ2v) is 3.86. The Morgan fingerprint density at radius 1 is 1.57 bits per heavy atom. The highest BCUT2D eigenvalue weighted by Gasteiger charge is 2.15. The van der Waals surface area contributed by atoms with Crippen molar-refractivity contribution in [2.24, 2.45) is 0 Å². The van der Waals surface area contributed by atoms with Crippen LogP contribution >= 0.6 is 15.9 Å². The van der Waals surface area contributed by atoms with E-state index in [0.717, 1.165) is 5.33 Å². The highest BCUT2D eigenvalue weighted by atomic mass is 79.9. The number of anilines is 1. The molecule has 0 bridgehead atoms. The van der Waals surface area contributed by atoms with E-state index in [2.05, 4.69) is 25.9 Å². The van der Waals surface area contributed by atoms with E-state index in [9.17, 15) is 4.39 Å². The summed E-state index contributed by atoms with van der Waals surface area (Å²) in [4.78, 5) is 9.50. The summed E-state index contributed by atoms with van der Waals surface area (Å²) in [5, 5.41) is 0.770. The maximum atomic E-state index is 13.6. The maximum Gasteiger partial charge on any atom is 0.186 e. The first-order valence-corrected chi connectivity index (χ1v) is 5.46. The van der Waals surface area contributed by atoms with Crippen LogP contribution in [0.1, 0.15) is 12.6 Å². The summed E-state index contributed by atoms with van der Waals surface area (Å²) < 4.78 is 13.6. The Labute approximate surface area is 91.5 Å². The van der Waals surface area contributed by atoms with Gasteiger partial charge in [-0.15, -0.1) is 0 Å². The van der Waals surface area contributed by atoms with Gasteiger partial charge < -0.3 is 4.90 Å². The van der Waals surface area contributed by atoms with E-state index in [0.29, 0.717) is 11.5 Å². The summed E-state index contributed by atoms with van der Waals surface area (Å²) in [6.07, 6.45) is 1.38. The number of hydrogen-bond acceptors (Lipinski definition) is 3. The van der Waals surface area contributed by atoms with E-state index in [4.69, 9.17) is 0 Å². The summed E-state index contributed by atoms with van der Waals surface area (Å²) in [6.45, 7) is 3.62. The minimum atomic E-state index is -0.345. The molecule has 0 aliphatic rings. The largest absolute Gasteiger partial charge is 0.354 e. The molecule has 0 spiro atoms. The molecule has 0 aromatic carbocycles. The monoisotopic (exact) mass is 261 g/mol. The lowest BCUT2D eigenvalue weighted by molar-refractivity contribution is 0.588. The fraction of sp³-hybridized carbons (Fsp3) is 0.556. The Morgan fingerprint density at radius 2 is 2.21 bits per heavy atom. The Balaban J connectivity index is 3.01. The number of rotatable bonds is 3. The van der Waals surface area contributed by atoms with Crippen molar-refractivity contribution in [3.05, 3.63) is 17.8 Å². The molecule has 0 amide bonds. The van der Waals surface area contributed by atoms with Crippen molar-refractivity contribution in [3.63, 3.8) is 0 Å².